The van der Waals surface area contributed by atoms with E-state index in [1.54, 1.807) is 0 Å². The van der Waals surface area contributed by atoms with Crippen LogP contribution >= 0.6 is 0 Å². The summed E-state index contributed by atoms with van der Waals surface area (Å²) in [5.41, 5.74) is 0. The quantitative estimate of drug-likeness (QED) is 0.927. The fourth-order valence-electron chi connectivity index (χ4n) is 2.64. The van der Waals surface area contributed by atoms with Gasteiger partial charge in [-0.15, -0.1) is 0 Å². The van der Waals surface area contributed by atoms with E-state index in [1.807, 2.05) is 42.5 Å². The van der Waals surface area contributed by atoms with Gasteiger partial charge in [0.05, 0.1) is 11.5 Å². The Kier molecular flexibility index (Phi) is 4.02. The van der Waals surface area contributed by atoms with Crippen molar-refractivity contribution in [1.82, 2.24) is 5.32 Å². The standard InChI is InChI=1S/C16H17NO4S/c18-16(17-13-8-9-22(19,20)11-13)10-21-15-7-3-5-12-4-1-2-6-14(12)15/h1-7,13H,8-11H2,(H,17,18)/t13-/m1/s1. The molecule has 5 nitrogen and oxygen atoms in total. The van der Waals surface area contributed by atoms with E-state index >= 15 is 0 Å². The highest BCUT2D eigenvalue weighted by molar-refractivity contribution is 7.91. The van der Waals surface area contributed by atoms with Crippen molar-refractivity contribution in [3.8, 4) is 5.75 Å². The highest BCUT2D eigenvalue weighted by Gasteiger charge is 2.28. The molecule has 1 N–H and O–H groups in total. The molecular weight excluding hydrogens is 302 g/mol. The molecule has 2 aromatic rings. The van der Waals surface area contributed by atoms with E-state index in [0.29, 0.717) is 12.2 Å². The lowest BCUT2D eigenvalue weighted by atomic mass is 10.1. The molecule has 1 heterocycles. The number of hydrogen-bond donors (Lipinski definition) is 1. The fourth-order valence-corrected chi connectivity index (χ4v) is 4.32. The molecule has 1 fully saturated rings. The molecule has 2 aromatic carbocycles. The van der Waals surface area contributed by atoms with E-state index in [0.717, 1.165) is 10.8 Å². The van der Waals surface area contributed by atoms with Crippen molar-refractivity contribution in [2.24, 2.45) is 0 Å². The third-order valence-corrected chi connectivity index (χ3v) is 5.47. The summed E-state index contributed by atoms with van der Waals surface area (Å²) in [6.45, 7) is -0.120. The van der Waals surface area contributed by atoms with E-state index in [2.05, 4.69) is 5.32 Å². The molecule has 116 valence electrons. The first-order valence-corrected chi connectivity index (χ1v) is 8.96. The van der Waals surface area contributed by atoms with E-state index < -0.39 is 9.84 Å². The van der Waals surface area contributed by atoms with Crippen molar-refractivity contribution in [3.05, 3.63) is 42.5 Å². The predicted octanol–water partition coefficient (Wildman–Crippen LogP) is 1.52. The molecule has 1 atom stereocenters. The molecule has 1 amide bonds. The number of hydrogen-bond acceptors (Lipinski definition) is 4. The maximum atomic E-state index is 11.9. The molecule has 1 saturated heterocycles. The summed E-state index contributed by atoms with van der Waals surface area (Å²) in [7, 11) is -2.99. The number of amides is 1. The summed E-state index contributed by atoms with van der Waals surface area (Å²) in [5, 5.41) is 4.70. The van der Waals surface area contributed by atoms with Gasteiger partial charge in [0.2, 0.25) is 0 Å². The molecule has 1 aliphatic rings. The van der Waals surface area contributed by atoms with E-state index in [9.17, 15) is 13.2 Å². The van der Waals surface area contributed by atoms with Gasteiger partial charge in [-0.3, -0.25) is 4.79 Å². The predicted molar refractivity (Wildman–Crippen MR) is 84.6 cm³/mol. The van der Waals surface area contributed by atoms with Gasteiger partial charge in [-0.2, -0.15) is 0 Å². The minimum atomic E-state index is -2.99. The Hall–Kier alpha value is -2.08. The molecule has 0 aromatic heterocycles. The molecule has 0 saturated carbocycles. The highest BCUT2D eigenvalue weighted by Crippen LogP contribution is 2.25. The van der Waals surface area contributed by atoms with E-state index in [4.69, 9.17) is 4.74 Å². The monoisotopic (exact) mass is 319 g/mol. The lowest BCUT2D eigenvalue weighted by molar-refractivity contribution is -0.123. The third-order valence-electron chi connectivity index (χ3n) is 3.71. The minimum absolute atomic E-state index is 0.0208. The summed E-state index contributed by atoms with van der Waals surface area (Å²) >= 11 is 0. The number of fused-ring (bicyclic) bond motifs is 1. The molecule has 6 heteroatoms. The van der Waals surface area contributed by atoms with Crippen LogP contribution in [0.15, 0.2) is 42.5 Å². The zero-order valence-corrected chi connectivity index (χ0v) is 12.8. The first-order valence-electron chi connectivity index (χ1n) is 7.14. The summed E-state index contributed by atoms with van der Waals surface area (Å²) in [5.74, 6) is 0.511. The van der Waals surface area contributed by atoms with Crippen molar-refractivity contribution in [2.75, 3.05) is 18.1 Å². The van der Waals surface area contributed by atoms with Crippen molar-refractivity contribution >= 4 is 26.5 Å². The smallest absolute Gasteiger partial charge is 0.258 e. The van der Waals surface area contributed by atoms with Crippen molar-refractivity contribution in [3.63, 3.8) is 0 Å². The Morgan fingerprint density at radius 2 is 1.95 bits per heavy atom. The number of rotatable bonds is 4. The van der Waals surface area contributed by atoms with Gasteiger partial charge < -0.3 is 10.1 Å². The van der Waals surface area contributed by atoms with Gasteiger partial charge in [-0.1, -0.05) is 36.4 Å². The normalized spacial score (nSPS) is 19.9. The van der Waals surface area contributed by atoms with Crippen LogP contribution in [-0.4, -0.2) is 38.5 Å². The molecule has 0 bridgehead atoms. The average molecular weight is 319 g/mol. The Balaban J connectivity index is 1.61. The van der Waals surface area contributed by atoms with Crippen LogP contribution in [0.3, 0.4) is 0 Å². The first-order chi connectivity index (χ1) is 10.5. The Morgan fingerprint density at radius 3 is 2.73 bits per heavy atom. The Labute approximate surface area is 129 Å². The van der Waals surface area contributed by atoms with Crippen LogP contribution in [0, 0.1) is 0 Å². The lowest BCUT2D eigenvalue weighted by Crippen LogP contribution is -2.38. The molecule has 0 aliphatic carbocycles. The summed E-state index contributed by atoms with van der Waals surface area (Å²) < 4.78 is 28.3. The molecular formula is C16H17NO4S. The van der Waals surface area contributed by atoms with Crippen molar-refractivity contribution in [2.45, 2.75) is 12.5 Å². The number of carbonyl (C=O) groups is 1. The van der Waals surface area contributed by atoms with Crippen molar-refractivity contribution in [1.29, 1.82) is 0 Å². The zero-order chi connectivity index (χ0) is 15.6. The minimum Gasteiger partial charge on any atom is -0.483 e. The van der Waals surface area contributed by atoms with Crippen LogP contribution in [0.4, 0.5) is 0 Å². The summed E-state index contributed by atoms with van der Waals surface area (Å²) in [6, 6.07) is 13.1. The summed E-state index contributed by atoms with van der Waals surface area (Å²) in [6.07, 6.45) is 0.475. The molecule has 1 aliphatic heterocycles. The SMILES string of the molecule is O=C(COc1cccc2ccccc12)N[C@@H]1CCS(=O)(=O)C1. The molecule has 0 spiro atoms. The van der Waals surface area contributed by atoms with Crippen LogP contribution in [-0.2, 0) is 14.6 Å². The maximum Gasteiger partial charge on any atom is 0.258 e. The van der Waals surface area contributed by atoms with Crippen LogP contribution in [0.5, 0.6) is 5.75 Å². The van der Waals surface area contributed by atoms with E-state index in [1.165, 1.54) is 0 Å². The molecule has 0 unspecified atom stereocenters. The highest BCUT2D eigenvalue weighted by atomic mass is 32.2. The van der Waals surface area contributed by atoms with Crippen LogP contribution in [0.1, 0.15) is 6.42 Å². The second kappa shape index (κ2) is 5.96. The van der Waals surface area contributed by atoms with Crippen LogP contribution < -0.4 is 10.1 Å². The zero-order valence-electron chi connectivity index (χ0n) is 12.0. The first kappa shape index (κ1) is 14.8. The molecule has 0 radical (unpaired) electrons. The lowest BCUT2D eigenvalue weighted by Gasteiger charge is -2.12. The van der Waals surface area contributed by atoms with Gasteiger partial charge in [0.25, 0.3) is 5.91 Å². The summed E-state index contributed by atoms with van der Waals surface area (Å²) in [4.78, 5) is 11.9. The maximum absolute atomic E-state index is 11.9. The van der Waals surface area contributed by atoms with Gasteiger partial charge in [0.15, 0.2) is 16.4 Å². The van der Waals surface area contributed by atoms with Crippen LogP contribution in [0.25, 0.3) is 10.8 Å². The van der Waals surface area contributed by atoms with Gasteiger partial charge in [0, 0.05) is 11.4 Å². The van der Waals surface area contributed by atoms with Gasteiger partial charge in [-0.25, -0.2) is 8.42 Å². The van der Waals surface area contributed by atoms with Gasteiger partial charge in [-0.05, 0) is 17.9 Å². The number of sulfone groups is 1. The van der Waals surface area contributed by atoms with Gasteiger partial charge in [0.1, 0.15) is 5.75 Å². The average Bonchev–Trinajstić information content (AvgIpc) is 2.84. The van der Waals surface area contributed by atoms with Gasteiger partial charge >= 0.3 is 0 Å². The number of nitrogens with one attached hydrogen (secondary N) is 1. The number of carbonyl (C=O) groups excluding carboxylic acids is 1. The number of ether oxygens (including phenoxy) is 1. The van der Waals surface area contributed by atoms with E-state index in [-0.39, 0.29) is 30.1 Å². The Morgan fingerprint density at radius 1 is 1.18 bits per heavy atom. The molecule has 22 heavy (non-hydrogen) atoms. The second-order valence-electron chi connectivity index (χ2n) is 5.43. The molecule has 3 rings (SSSR count). The number of benzene rings is 2. The third kappa shape index (κ3) is 3.39. The fraction of sp³-hybridized carbons (Fsp3) is 0.312. The topological polar surface area (TPSA) is 72.5 Å². The van der Waals surface area contributed by atoms with Crippen LogP contribution in [0.2, 0.25) is 0 Å². The van der Waals surface area contributed by atoms with Crippen molar-refractivity contribution < 1.29 is 17.9 Å². The largest absolute Gasteiger partial charge is 0.483 e. The second-order valence-corrected chi connectivity index (χ2v) is 7.66. The Bertz CT molecular complexity index is 795.